The van der Waals surface area contributed by atoms with Crippen molar-refractivity contribution in [3.05, 3.63) is 23.0 Å². The summed E-state index contributed by atoms with van der Waals surface area (Å²) in [4.78, 5) is 19.8. The fourth-order valence-electron chi connectivity index (χ4n) is 1.06. The summed E-state index contributed by atoms with van der Waals surface area (Å²) in [6.07, 6.45) is 3.56. The molecule has 0 aromatic rings. The van der Waals surface area contributed by atoms with Crippen molar-refractivity contribution < 1.29 is 22.8 Å². The number of hydrogen-bond acceptors (Lipinski definition) is 5. The van der Waals surface area contributed by atoms with Crippen LogP contribution in [0.3, 0.4) is 0 Å². The maximum atomic E-state index is 9.90. The predicted molar refractivity (Wildman–Crippen MR) is 63.0 cm³/mol. The van der Waals surface area contributed by atoms with Crippen molar-refractivity contribution in [1.29, 1.82) is 0 Å². The van der Waals surface area contributed by atoms with Crippen LogP contribution in [0, 0.1) is 0 Å². The molecule has 1 aliphatic rings. The van der Waals surface area contributed by atoms with Crippen LogP contribution >= 0.6 is 18.9 Å². The van der Waals surface area contributed by atoms with E-state index in [1.54, 1.807) is 36.8 Å². The van der Waals surface area contributed by atoms with Crippen LogP contribution < -0.4 is 0 Å². The van der Waals surface area contributed by atoms with Crippen molar-refractivity contribution in [2.45, 2.75) is 13.8 Å². The van der Waals surface area contributed by atoms with Gasteiger partial charge in [0.1, 0.15) is 0 Å². The number of thiol groups is 1. The van der Waals surface area contributed by atoms with Crippen LogP contribution in [0.15, 0.2) is 23.0 Å². The summed E-state index contributed by atoms with van der Waals surface area (Å²) in [6.45, 7) is 3.51. The van der Waals surface area contributed by atoms with Crippen molar-refractivity contribution in [2.75, 3.05) is 13.2 Å². The molecule has 1 heterocycles. The zero-order valence-electron chi connectivity index (χ0n) is 8.74. The van der Waals surface area contributed by atoms with E-state index in [4.69, 9.17) is 13.0 Å². The Morgan fingerprint density at radius 3 is 1.93 bits per heavy atom. The molecule has 0 spiro atoms. The summed E-state index contributed by atoms with van der Waals surface area (Å²) in [5.41, 5.74) is 0. The first-order valence-corrected chi connectivity index (χ1v) is 7.93. The molecule has 90 valence electrons. The van der Waals surface area contributed by atoms with Gasteiger partial charge in [-0.3, -0.25) is 0 Å². The first kappa shape index (κ1) is 13.1. The minimum absolute atomic E-state index is 0.113. The molecule has 0 fully saturated rings. The number of hydrogen-bond donors (Lipinski definition) is 3. The molecule has 15 heavy (non-hydrogen) atoms. The first-order chi connectivity index (χ1) is 6.98. The third kappa shape index (κ3) is 3.85. The molecule has 0 amide bonds. The zero-order valence-corrected chi connectivity index (χ0v) is 10.5. The Labute approximate surface area is 92.2 Å². The van der Waals surface area contributed by atoms with Gasteiger partial charge in [-0.15, -0.1) is 0 Å². The van der Waals surface area contributed by atoms with Crippen LogP contribution in [0.25, 0.3) is 0 Å². The molecule has 0 aromatic heterocycles. The average molecular weight is 256 g/mol. The molecule has 0 saturated carbocycles. The second-order valence-electron chi connectivity index (χ2n) is 2.76. The summed E-state index contributed by atoms with van der Waals surface area (Å²) in [5.74, 6) is 0. The van der Waals surface area contributed by atoms with Gasteiger partial charge >= 0.3 is 91.7 Å². The fraction of sp³-hybridized carbons (Fsp3) is 0.500. The van der Waals surface area contributed by atoms with Gasteiger partial charge in [-0.25, -0.2) is 0 Å². The topological polar surface area (TPSA) is 68.2 Å². The number of allylic oxidation sites excluding steroid dienone is 2. The van der Waals surface area contributed by atoms with Gasteiger partial charge in [-0.05, 0) is 0 Å². The van der Waals surface area contributed by atoms with Crippen LogP contribution in [-0.2, 0) is 13.0 Å². The Bertz CT molecular complexity index is 256. The van der Waals surface area contributed by atoms with E-state index < -0.39 is 18.9 Å². The summed E-state index contributed by atoms with van der Waals surface area (Å²) >= 11 is -1.16. The van der Waals surface area contributed by atoms with Crippen LogP contribution in [0.4, 0.5) is 0 Å². The molecule has 0 unspecified atom stereocenters. The van der Waals surface area contributed by atoms with Crippen molar-refractivity contribution in [3.63, 3.8) is 0 Å². The molecule has 0 aromatic carbocycles. The Hall–Kier alpha value is 0.0600. The van der Waals surface area contributed by atoms with Gasteiger partial charge in [0.15, 0.2) is 0 Å². The van der Waals surface area contributed by atoms with Crippen LogP contribution in [0.5, 0.6) is 0 Å². The molecule has 0 radical (unpaired) electrons. The molecule has 0 saturated heterocycles. The Kier molecular flexibility index (Phi) is 4.31. The molecule has 1 aliphatic heterocycles. The van der Waals surface area contributed by atoms with E-state index in [9.17, 15) is 9.79 Å². The Morgan fingerprint density at radius 2 is 1.53 bits per heavy atom. The summed E-state index contributed by atoms with van der Waals surface area (Å²) in [6, 6.07) is 0. The summed E-state index contributed by atoms with van der Waals surface area (Å²) in [5, 5.41) is 3.47. The van der Waals surface area contributed by atoms with Gasteiger partial charge in [-0.2, -0.15) is 0 Å². The monoisotopic (exact) mass is 256 g/mol. The normalized spacial score (nSPS) is 20.5. The fourth-order valence-corrected chi connectivity index (χ4v) is 4.76. The Balaban J connectivity index is 2.71. The van der Waals surface area contributed by atoms with E-state index in [0.717, 1.165) is 0 Å². The third-order valence-corrected chi connectivity index (χ3v) is 5.71. The molecule has 5 nitrogen and oxygen atoms in total. The van der Waals surface area contributed by atoms with Crippen molar-refractivity contribution >= 4 is 18.9 Å². The molecule has 2 N–H and O–H groups in total. The van der Waals surface area contributed by atoms with E-state index in [0.29, 0.717) is 0 Å². The second-order valence-corrected chi connectivity index (χ2v) is 6.85. The van der Waals surface area contributed by atoms with Crippen molar-refractivity contribution in [3.8, 4) is 0 Å². The summed E-state index contributed by atoms with van der Waals surface area (Å²) in [7, 11) is -4.86. The Morgan fingerprint density at radius 1 is 1.07 bits per heavy atom. The summed E-state index contributed by atoms with van der Waals surface area (Å²) < 4.78 is 14.9. The van der Waals surface area contributed by atoms with E-state index in [2.05, 4.69) is 0 Å². The van der Waals surface area contributed by atoms with Gasteiger partial charge < -0.3 is 0 Å². The van der Waals surface area contributed by atoms with Gasteiger partial charge in [0.2, 0.25) is 0 Å². The molecule has 7 heteroatoms. The van der Waals surface area contributed by atoms with Gasteiger partial charge in [0.05, 0.1) is 0 Å². The van der Waals surface area contributed by atoms with Crippen LogP contribution in [0.2, 0.25) is 0 Å². The SMILES string of the molecule is CCOP(O)(O)(OCC)O[SH]1C=CC=C1. The van der Waals surface area contributed by atoms with E-state index in [1.807, 2.05) is 0 Å². The average Bonchev–Trinajstić information content (AvgIpc) is 2.55. The standard InChI is InChI=1S/C8H17O5PS/c1-3-11-14(9,10,12-4-2)13-15-7-5-6-8-15/h5-10,15H,3-4H2,1-2H3. The third-order valence-electron chi connectivity index (χ3n) is 1.51. The minimum atomic E-state index is -4.86. The first-order valence-electron chi connectivity index (χ1n) is 4.64. The second kappa shape index (κ2) is 4.93. The van der Waals surface area contributed by atoms with E-state index in [1.165, 1.54) is 0 Å². The van der Waals surface area contributed by atoms with Gasteiger partial charge in [0, 0.05) is 0 Å². The van der Waals surface area contributed by atoms with E-state index >= 15 is 0 Å². The van der Waals surface area contributed by atoms with Crippen molar-refractivity contribution in [1.82, 2.24) is 0 Å². The molecule has 0 aliphatic carbocycles. The quantitative estimate of drug-likeness (QED) is 0.502. The van der Waals surface area contributed by atoms with Crippen LogP contribution in [0.1, 0.15) is 13.8 Å². The molecule has 1 rings (SSSR count). The molecular formula is C8H17O5PS. The predicted octanol–water partition coefficient (Wildman–Crippen LogP) is 2.15. The maximum absolute atomic E-state index is 9.90. The van der Waals surface area contributed by atoms with Gasteiger partial charge in [0.25, 0.3) is 0 Å². The molecular weight excluding hydrogens is 239 g/mol. The number of rotatable bonds is 6. The van der Waals surface area contributed by atoms with E-state index in [-0.39, 0.29) is 13.2 Å². The zero-order chi connectivity index (χ0) is 11.4. The molecule has 0 atom stereocenters. The van der Waals surface area contributed by atoms with Crippen LogP contribution in [-0.4, -0.2) is 23.0 Å². The van der Waals surface area contributed by atoms with Crippen molar-refractivity contribution in [2.24, 2.45) is 0 Å². The van der Waals surface area contributed by atoms with Gasteiger partial charge in [-0.1, -0.05) is 0 Å². The molecule has 0 bridgehead atoms.